The average Bonchev–Trinajstić information content (AvgIpc) is 3.35. The minimum Gasteiger partial charge on any atom is -0.497 e. The van der Waals surface area contributed by atoms with E-state index in [1.165, 1.54) is 5.69 Å². The minimum absolute atomic E-state index is 0.0162. The van der Waals surface area contributed by atoms with Crippen LogP contribution < -0.4 is 19.9 Å². The van der Waals surface area contributed by atoms with Gasteiger partial charge in [-0.3, -0.25) is 9.69 Å². The first-order chi connectivity index (χ1) is 17.2. The molecule has 8 nitrogen and oxygen atoms in total. The summed E-state index contributed by atoms with van der Waals surface area (Å²) in [6.07, 6.45) is 0.943. The SMILES string of the molecule is COc1ccc(N2CCN(CCCNC(=O)c3ccc4nc(N5CCOCC5)sc4c3)CC2)cc1. The third kappa shape index (κ3) is 5.86. The minimum atomic E-state index is -0.0162. The monoisotopic (exact) mass is 495 g/mol. The molecule has 2 aromatic carbocycles. The highest BCUT2D eigenvalue weighted by Gasteiger charge is 2.18. The lowest BCUT2D eigenvalue weighted by molar-refractivity contribution is 0.0951. The van der Waals surface area contributed by atoms with Crippen molar-refractivity contribution in [3.8, 4) is 5.75 Å². The molecule has 9 heteroatoms. The molecular weight excluding hydrogens is 462 g/mol. The number of nitrogens with zero attached hydrogens (tertiary/aromatic N) is 4. The van der Waals surface area contributed by atoms with Crippen molar-refractivity contribution in [3.05, 3.63) is 48.0 Å². The zero-order valence-corrected chi connectivity index (χ0v) is 21.1. The van der Waals surface area contributed by atoms with E-state index in [9.17, 15) is 4.79 Å². The number of rotatable bonds is 8. The number of amides is 1. The Balaban J connectivity index is 1.05. The predicted molar refractivity (Wildman–Crippen MR) is 141 cm³/mol. The number of anilines is 2. The molecule has 3 aromatic rings. The largest absolute Gasteiger partial charge is 0.497 e. The number of benzene rings is 2. The Kier molecular flexibility index (Phi) is 7.66. The molecule has 186 valence electrons. The Morgan fingerprint density at radius 3 is 2.54 bits per heavy atom. The lowest BCUT2D eigenvalue weighted by atomic mass is 10.2. The molecule has 0 atom stereocenters. The van der Waals surface area contributed by atoms with Crippen LogP contribution in [-0.2, 0) is 4.74 Å². The molecule has 1 aromatic heterocycles. The number of carbonyl (C=O) groups excluding carboxylic acids is 1. The van der Waals surface area contributed by atoms with Crippen LogP contribution >= 0.6 is 11.3 Å². The van der Waals surface area contributed by atoms with Gasteiger partial charge < -0.3 is 24.6 Å². The molecule has 2 aliphatic heterocycles. The number of thiazole rings is 1. The van der Waals surface area contributed by atoms with E-state index in [2.05, 4.69) is 32.1 Å². The van der Waals surface area contributed by atoms with Crippen molar-refractivity contribution in [2.75, 3.05) is 82.5 Å². The first-order valence-corrected chi connectivity index (χ1v) is 13.1. The highest BCUT2D eigenvalue weighted by atomic mass is 32.1. The van der Waals surface area contributed by atoms with Gasteiger partial charge in [0.1, 0.15) is 5.75 Å². The van der Waals surface area contributed by atoms with Crippen LogP contribution in [0.3, 0.4) is 0 Å². The van der Waals surface area contributed by atoms with Crippen molar-refractivity contribution in [1.29, 1.82) is 0 Å². The third-order valence-corrected chi connectivity index (χ3v) is 7.75. The first kappa shape index (κ1) is 23.8. The summed E-state index contributed by atoms with van der Waals surface area (Å²) in [4.78, 5) is 24.6. The Morgan fingerprint density at radius 2 is 1.80 bits per heavy atom. The molecule has 5 rings (SSSR count). The van der Waals surface area contributed by atoms with Crippen LogP contribution in [0.1, 0.15) is 16.8 Å². The molecule has 0 radical (unpaired) electrons. The van der Waals surface area contributed by atoms with E-state index in [1.54, 1.807) is 18.4 Å². The van der Waals surface area contributed by atoms with Crippen LogP contribution in [0.4, 0.5) is 10.8 Å². The molecule has 0 spiro atoms. The van der Waals surface area contributed by atoms with Crippen LogP contribution in [0, 0.1) is 0 Å². The van der Waals surface area contributed by atoms with Crippen molar-refractivity contribution < 1.29 is 14.3 Å². The van der Waals surface area contributed by atoms with Crippen LogP contribution in [0.2, 0.25) is 0 Å². The molecule has 2 saturated heterocycles. The lowest BCUT2D eigenvalue weighted by Gasteiger charge is -2.36. The summed E-state index contributed by atoms with van der Waals surface area (Å²) in [5.74, 6) is 0.872. The van der Waals surface area contributed by atoms with Crippen molar-refractivity contribution >= 4 is 38.3 Å². The number of carbonyl (C=O) groups is 1. The fourth-order valence-corrected chi connectivity index (χ4v) is 5.63. The van der Waals surface area contributed by atoms with E-state index in [4.69, 9.17) is 14.5 Å². The Labute approximate surface area is 210 Å². The second-order valence-electron chi connectivity index (χ2n) is 8.91. The summed E-state index contributed by atoms with van der Waals surface area (Å²) < 4.78 is 11.7. The van der Waals surface area contributed by atoms with Crippen molar-refractivity contribution in [3.63, 3.8) is 0 Å². The smallest absolute Gasteiger partial charge is 0.251 e. The summed E-state index contributed by atoms with van der Waals surface area (Å²) in [6, 6.07) is 14.1. The fraction of sp³-hybridized carbons (Fsp3) is 0.462. The van der Waals surface area contributed by atoms with Gasteiger partial charge in [0.15, 0.2) is 5.13 Å². The highest BCUT2D eigenvalue weighted by molar-refractivity contribution is 7.22. The molecular formula is C26H33N5O3S. The van der Waals surface area contributed by atoms with Crippen molar-refractivity contribution in [2.24, 2.45) is 0 Å². The number of fused-ring (bicyclic) bond motifs is 1. The van der Waals surface area contributed by atoms with Gasteiger partial charge in [-0.25, -0.2) is 4.98 Å². The Bertz CT molecular complexity index is 1120. The topological polar surface area (TPSA) is 70.2 Å². The predicted octanol–water partition coefficient (Wildman–Crippen LogP) is 3.08. The maximum atomic E-state index is 12.7. The molecule has 2 aliphatic rings. The summed E-state index contributed by atoms with van der Waals surface area (Å²) in [6.45, 7) is 8.98. The van der Waals surface area contributed by atoms with Gasteiger partial charge in [-0.15, -0.1) is 0 Å². The molecule has 35 heavy (non-hydrogen) atoms. The van der Waals surface area contributed by atoms with Gasteiger partial charge in [-0.05, 0) is 55.4 Å². The van der Waals surface area contributed by atoms with Crippen LogP contribution in [0.15, 0.2) is 42.5 Å². The van der Waals surface area contributed by atoms with E-state index >= 15 is 0 Å². The third-order valence-electron chi connectivity index (χ3n) is 6.67. The number of piperazine rings is 1. The summed E-state index contributed by atoms with van der Waals surface area (Å²) in [5, 5.41) is 4.10. The van der Waals surface area contributed by atoms with E-state index < -0.39 is 0 Å². The Hall–Kier alpha value is -2.88. The zero-order chi connectivity index (χ0) is 24.0. The maximum absolute atomic E-state index is 12.7. The summed E-state index contributed by atoms with van der Waals surface area (Å²) in [7, 11) is 1.69. The number of ether oxygens (including phenoxy) is 2. The van der Waals surface area contributed by atoms with Crippen LogP contribution in [0.5, 0.6) is 5.75 Å². The summed E-state index contributed by atoms with van der Waals surface area (Å²) in [5.41, 5.74) is 2.89. The highest BCUT2D eigenvalue weighted by Crippen LogP contribution is 2.30. The molecule has 0 unspecified atom stereocenters. The van der Waals surface area contributed by atoms with Crippen LogP contribution in [0.25, 0.3) is 10.2 Å². The van der Waals surface area contributed by atoms with Gasteiger partial charge in [0, 0.05) is 57.1 Å². The molecule has 0 bridgehead atoms. The molecule has 0 aliphatic carbocycles. The fourth-order valence-electron chi connectivity index (χ4n) is 4.57. The number of hydrogen-bond acceptors (Lipinski definition) is 8. The number of hydrogen-bond donors (Lipinski definition) is 1. The van der Waals surface area contributed by atoms with E-state index in [0.29, 0.717) is 12.1 Å². The molecule has 1 amide bonds. The van der Waals surface area contributed by atoms with Gasteiger partial charge >= 0.3 is 0 Å². The normalized spacial score (nSPS) is 17.1. The standard InChI is InChI=1S/C26H33N5O3S/c1-33-22-6-4-21(5-7-22)30-13-11-29(12-14-30)10-2-9-27-25(32)20-3-8-23-24(19-20)35-26(28-23)31-15-17-34-18-16-31/h3-8,19H,2,9-18H2,1H3,(H,27,32). The van der Waals surface area contributed by atoms with Gasteiger partial charge in [-0.2, -0.15) is 0 Å². The van der Waals surface area contributed by atoms with E-state index in [0.717, 1.165) is 86.5 Å². The van der Waals surface area contributed by atoms with Crippen molar-refractivity contribution in [1.82, 2.24) is 15.2 Å². The second-order valence-corrected chi connectivity index (χ2v) is 9.92. The zero-order valence-electron chi connectivity index (χ0n) is 20.2. The molecule has 2 fully saturated rings. The number of nitrogens with one attached hydrogen (secondary N) is 1. The maximum Gasteiger partial charge on any atom is 0.251 e. The quantitative estimate of drug-likeness (QED) is 0.482. The second kappa shape index (κ2) is 11.2. The van der Waals surface area contributed by atoms with Gasteiger partial charge in [-0.1, -0.05) is 11.3 Å². The van der Waals surface area contributed by atoms with Crippen molar-refractivity contribution in [2.45, 2.75) is 6.42 Å². The Morgan fingerprint density at radius 1 is 1.03 bits per heavy atom. The molecule has 1 N–H and O–H groups in total. The van der Waals surface area contributed by atoms with Crippen LogP contribution in [-0.4, -0.2) is 88.5 Å². The van der Waals surface area contributed by atoms with Gasteiger partial charge in [0.2, 0.25) is 0 Å². The van der Waals surface area contributed by atoms with Gasteiger partial charge in [0.05, 0.1) is 30.5 Å². The number of aromatic nitrogens is 1. The molecule has 3 heterocycles. The number of morpholine rings is 1. The number of methoxy groups -OCH3 is 1. The summed E-state index contributed by atoms with van der Waals surface area (Å²) >= 11 is 1.65. The van der Waals surface area contributed by atoms with E-state index in [1.807, 2.05) is 30.3 Å². The lowest BCUT2D eigenvalue weighted by Crippen LogP contribution is -2.47. The average molecular weight is 496 g/mol. The molecule has 0 saturated carbocycles. The first-order valence-electron chi connectivity index (χ1n) is 12.3. The van der Waals surface area contributed by atoms with E-state index in [-0.39, 0.29) is 5.91 Å². The van der Waals surface area contributed by atoms with Gasteiger partial charge in [0.25, 0.3) is 5.91 Å².